The van der Waals surface area contributed by atoms with Crippen LogP contribution in [0.2, 0.25) is 0 Å². The van der Waals surface area contributed by atoms with Gasteiger partial charge in [0.15, 0.2) is 5.96 Å². The molecule has 228 valence electrons. The summed E-state index contributed by atoms with van der Waals surface area (Å²) in [6.45, 7) is 3.83. The second-order valence-electron chi connectivity index (χ2n) is 10.1. The maximum Gasteiger partial charge on any atom is 0.326 e. The summed E-state index contributed by atoms with van der Waals surface area (Å²) >= 11 is 0. The van der Waals surface area contributed by atoms with E-state index in [2.05, 4.69) is 20.9 Å². The first-order valence-corrected chi connectivity index (χ1v) is 13.2. The summed E-state index contributed by atoms with van der Waals surface area (Å²) in [5, 5.41) is 26.6. The average Bonchev–Trinajstić information content (AvgIpc) is 2.88. The second kappa shape index (κ2) is 17.3. The molecule has 13 N–H and O–H groups in total. The van der Waals surface area contributed by atoms with Crippen LogP contribution in [0, 0.1) is 5.92 Å². The molecule has 1 aromatic rings. The zero-order chi connectivity index (χ0) is 31.1. The van der Waals surface area contributed by atoms with Crippen molar-refractivity contribution >= 4 is 35.6 Å². The van der Waals surface area contributed by atoms with Gasteiger partial charge in [0.2, 0.25) is 23.6 Å². The van der Waals surface area contributed by atoms with E-state index in [9.17, 15) is 34.2 Å². The zero-order valence-electron chi connectivity index (χ0n) is 23.3. The van der Waals surface area contributed by atoms with Gasteiger partial charge in [-0.3, -0.25) is 24.2 Å². The standard InChI is InChI=1S/C26H42N8O7/c1-14(2)12-20(25(40)41)34-23(38)18(9-10-21(28)36)32-24(39)19(13-15-5-7-16(35)8-6-15)33-22(37)17(27)4-3-11-31-26(29)30/h5-8,14,17-20,35H,3-4,9-13,27H2,1-2H3,(H2,28,36)(H,32,39)(H,33,37)(H,34,38)(H,40,41)(H4,29,30,31). The molecule has 0 aliphatic heterocycles. The molecule has 0 aliphatic carbocycles. The number of aliphatic imine (C=N–C) groups is 1. The number of aliphatic carboxylic acids is 1. The Bertz CT molecular complexity index is 1070. The van der Waals surface area contributed by atoms with Gasteiger partial charge in [0.05, 0.1) is 6.04 Å². The number of primary amides is 1. The molecule has 0 radical (unpaired) electrons. The van der Waals surface area contributed by atoms with E-state index in [0.29, 0.717) is 12.0 Å². The fraction of sp³-hybridized carbons (Fsp3) is 0.538. The highest BCUT2D eigenvalue weighted by molar-refractivity contribution is 5.94. The van der Waals surface area contributed by atoms with Crippen LogP contribution in [0.3, 0.4) is 0 Å². The Morgan fingerprint density at radius 2 is 1.41 bits per heavy atom. The number of nitrogens with one attached hydrogen (secondary N) is 3. The Hall–Kier alpha value is -4.40. The van der Waals surface area contributed by atoms with Gasteiger partial charge in [-0.1, -0.05) is 26.0 Å². The first-order chi connectivity index (χ1) is 19.2. The number of hydrogen-bond donors (Lipinski definition) is 9. The minimum absolute atomic E-state index is 0.000784. The molecule has 4 unspecified atom stereocenters. The molecule has 0 heterocycles. The summed E-state index contributed by atoms with van der Waals surface area (Å²) in [6, 6.07) is 1.16. The number of phenolic OH excluding ortho intramolecular Hbond substituents is 1. The van der Waals surface area contributed by atoms with Crippen LogP contribution in [0.1, 0.15) is 51.5 Å². The third-order valence-corrected chi connectivity index (χ3v) is 5.95. The number of carbonyl (C=O) groups is 5. The van der Waals surface area contributed by atoms with Gasteiger partial charge < -0.3 is 49.1 Å². The lowest BCUT2D eigenvalue weighted by Gasteiger charge is -2.25. The highest BCUT2D eigenvalue weighted by atomic mass is 16.4. The molecule has 0 saturated heterocycles. The highest BCUT2D eigenvalue weighted by Gasteiger charge is 2.31. The number of guanidine groups is 1. The SMILES string of the molecule is CC(C)CC(NC(=O)C(CCC(N)=O)NC(=O)C(Cc1ccc(O)cc1)NC(=O)C(N)CCCN=C(N)N)C(=O)O. The molecule has 0 aromatic heterocycles. The smallest absolute Gasteiger partial charge is 0.326 e. The molecule has 0 saturated carbocycles. The number of rotatable bonds is 18. The van der Waals surface area contributed by atoms with Crippen molar-refractivity contribution in [1.82, 2.24) is 16.0 Å². The van der Waals surface area contributed by atoms with E-state index in [-0.39, 0.29) is 56.3 Å². The lowest BCUT2D eigenvalue weighted by molar-refractivity contribution is -0.143. The summed E-state index contributed by atoms with van der Waals surface area (Å²) < 4.78 is 0. The summed E-state index contributed by atoms with van der Waals surface area (Å²) in [5.41, 5.74) is 22.4. The van der Waals surface area contributed by atoms with E-state index < -0.39 is 53.8 Å². The average molecular weight is 579 g/mol. The van der Waals surface area contributed by atoms with E-state index in [0.717, 1.165) is 0 Å². The van der Waals surface area contributed by atoms with Crippen molar-refractivity contribution in [3.63, 3.8) is 0 Å². The molecule has 0 fully saturated rings. The number of carboxylic acid groups (broad SMARTS) is 1. The molecule has 4 atom stereocenters. The zero-order valence-corrected chi connectivity index (χ0v) is 23.3. The number of phenols is 1. The van der Waals surface area contributed by atoms with Crippen LogP contribution in [0.15, 0.2) is 29.3 Å². The van der Waals surface area contributed by atoms with Gasteiger partial charge in [-0.25, -0.2) is 4.79 Å². The number of nitrogens with zero attached hydrogens (tertiary/aromatic N) is 1. The maximum atomic E-state index is 13.4. The Labute approximate surface area is 238 Å². The minimum Gasteiger partial charge on any atom is -0.508 e. The fourth-order valence-electron chi connectivity index (χ4n) is 3.80. The third kappa shape index (κ3) is 14.0. The van der Waals surface area contributed by atoms with Crippen LogP contribution < -0.4 is 38.9 Å². The second-order valence-corrected chi connectivity index (χ2v) is 10.1. The van der Waals surface area contributed by atoms with Gasteiger partial charge in [0, 0.05) is 19.4 Å². The summed E-state index contributed by atoms with van der Waals surface area (Å²) in [7, 11) is 0. The van der Waals surface area contributed by atoms with Crippen LogP contribution in [0.5, 0.6) is 5.75 Å². The predicted molar refractivity (Wildman–Crippen MR) is 151 cm³/mol. The number of carboxylic acids is 1. The molecule has 15 heteroatoms. The van der Waals surface area contributed by atoms with Crippen molar-refractivity contribution in [2.75, 3.05) is 6.54 Å². The largest absolute Gasteiger partial charge is 0.508 e. The predicted octanol–water partition coefficient (Wildman–Crippen LogP) is -1.83. The molecule has 41 heavy (non-hydrogen) atoms. The number of amides is 4. The van der Waals surface area contributed by atoms with Gasteiger partial charge in [0.25, 0.3) is 0 Å². The minimum atomic E-state index is -1.32. The number of aromatic hydroxyl groups is 1. The molecule has 4 amide bonds. The van der Waals surface area contributed by atoms with E-state index in [1.165, 1.54) is 12.1 Å². The van der Waals surface area contributed by atoms with Gasteiger partial charge in [-0.05, 0) is 49.3 Å². The van der Waals surface area contributed by atoms with E-state index in [1.807, 2.05) is 0 Å². The van der Waals surface area contributed by atoms with Crippen LogP contribution in [-0.4, -0.2) is 76.5 Å². The molecular weight excluding hydrogens is 536 g/mol. The number of hydrogen-bond acceptors (Lipinski definition) is 8. The molecule has 15 nitrogen and oxygen atoms in total. The van der Waals surface area contributed by atoms with E-state index >= 15 is 0 Å². The van der Waals surface area contributed by atoms with Crippen molar-refractivity contribution in [3.8, 4) is 5.75 Å². The Balaban J connectivity index is 3.13. The van der Waals surface area contributed by atoms with Crippen molar-refractivity contribution in [3.05, 3.63) is 29.8 Å². The van der Waals surface area contributed by atoms with Gasteiger partial charge in [0.1, 0.15) is 23.9 Å². The molecule has 1 aromatic carbocycles. The first-order valence-electron chi connectivity index (χ1n) is 13.2. The quantitative estimate of drug-likeness (QED) is 0.0533. The normalized spacial score (nSPS) is 13.8. The van der Waals surface area contributed by atoms with Crippen molar-refractivity contribution in [1.29, 1.82) is 0 Å². The molecule has 0 bridgehead atoms. The lowest BCUT2D eigenvalue weighted by atomic mass is 10.0. The maximum absolute atomic E-state index is 13.4. The highest BCUT2D eigenvalue weighted by Crippen LogP contribution is 2.13. The summed E-state index contributed by atoms with van der Waals surface area (Å²) in [6.07, 6.45) is 0.247. The monoisotopic (exact) mass is 578 g/mol. The van der Waals surface area contributed by atoms with E-state index in [1.54, 1.807) is 26.0 Å². The van der Waals surface area contributed by atoms with Crippen molar-refractivity contribution in [2.24, 2.45) is 33.8 Å². The topological polar surface area (TPSA) is 278 Å². The first kappa shape index (κ1) is 34.6. The molecule has 0 aliphatic rings. The number of carbonyl (C=O) groups excluding carboxylic acids is 4. The van der Waals surface area contributed by atoms with Gasteiger partial charge in [-0.2, -0.15) is 0 Å². The van der Waals surface area contributed by atoms with Crippen LogP contribution in [0.4, 0.5) is 0 Å². The van der Waals surface area contributed by atoms with Crippen LogP contribution >= 0.6 is 0 Å². The third-order valence-electron chi connectivity index (χ3n) is 5.95. The molecular formula is C26H42N8O7. The van der Waals surface area contributed by atoms with Gasteiger partial charge >= 0.3 is 5.97 Å². The van der Waals surface area contributed by atoms with Crippen LogP contribution in [-0.2, 0) is 30.4 Å². The van der Waals surface area contributed by atoms with Crippen molar-refractivity contribution in [2.45, 2.75) is 76.5 Å². The van der Waals surface area contributed by atoms with E-state index in [4.69, 9.17) is 22.9 Å². The van der Waals surface area contributed by atoms with Gasteiger partial charge in [-0.15, -0.1) is 0 Å². The summed E-state index contributed by atoms with van der Waals surface area (Å²) in [4.78, 5) is 66.2. The lowest BCUT2D eigenvalue weighted by Crippen LogP contribution is -2.57. The molecule has 1 rings (SSSR count). The Kier molecular flexibility index (Phi) is 14.6. The fourth-order valence-corrected chi connectivity index (χ4v) is 3.80. The Morgan fingerprint density at radius 1 is 0.854 bits per heavy atom. The van der Waals surface area contributed by atoms with Crippen molar-refractivity contribution < 1.29 is 34.2 Å². The molecule has 0 spiro atoms. The summed E-state index contributed by atoms with van der Waals surface area (Å²) in [5.74, 6) is -4.37. The number of nitrogens with two attached hydrogens (primary N) is 4. The number of benzene rings is 1. The van der Waals surface area contributed by atoms with Crippen LogP contribution in [0.25, 0.3) is 0 Å². The Morgan fingerprint density at radius 3 is 1.95 bits per heavy atom.